The van der Waals surface area contributed by atoms with Crippen molar-refractivity contribution in [3.8, 4) is 5.75 Å². The van der Waals surface area contributed by atoms with Crippen LogP contribution in [0.4, 0.5) is 14.5 Å². The van der Waals surface area contributed by atoms with E-state index in [0.29, 0.717) is 24.0 Å². The lowest BCUT2D eigenvalue weighted by Gasteiger charge is -2.08. The molecule has 0 radical (unpaired) electrons. The second kappa shape index (κ2) is 10.0. The van der Waals surface area contributed by atoms with E-state index in [-0.39, 0.29) is 5.69 Å². The number of halogens is 2. The molecule has 2 aromatic carbocycles. The minimum Gasteiger partial charge on any atom is -0.494 e. The average molecular weight is 392 g/mol. The summed E-state index contributed by atoms with van der Waals surface area (Å²) in [5.41, 5.74) is 0.212. The topological polar surface area (TPSA) is 93.7 Å². The van der Waals surface area contributed by atoms with Crippen LogP contribution in [0, 0.1) is 11.6 Å². The number of carbonyl (C=O) groups is 3. The zero-order chi connectivity index (χ0) is 20.5. The maximum absolute atomic E-state index is 13.0. The Morgan fingerprint density at radius 3 is 2.25 bits per heavy atom. The van der Waals surface area contributed by atoms with Crippen LogP contribution in [-0.2, 0) is 14.3 Å². The highest BCUT2D eigenvalue weighted by Gasteiger charge is 2.12. The molecule has 0 spiro atoms. The molecule has 0 bridgehead atoms. The SMILES string of the molecule is CCOc1ccc(C(=O)NCC(=O)OCC(=O)Nc2cc(F)cc(F)c2)cc1. The molecule has 28 heavy (non-hydrogen) atoms. The van der Waals surface area contributed by atoms with Crippen molar-refractivity contribution in [1.29, 1.82) is 0 Å². The summed E-state index contributed by atoms with van der Waals surface area (Å²) in [6, 6.07) is 8.81. The highest BCUT2D eigenvalue weighted by Crippen LogP contribution is 2.13. The van der Waals surface area contributed by atoms with E-state index in [2.05, 4.69) is 10.6 Å². The maximum Gasteiger partial charge on any atom is 0.325 e. The Hall–Kier alpha value is -3.49. The predicted molar refractivity (Wildman–Crippen MR) is 95.9 cm³/mol. The first-order valence-electron chi connectivity index (χ1n) is 8.30. The van der Waals surface area contributed by atoms with E-state index in [4.69, 9.17) is 9.47 Å². The summed E-state index contributed by atoms with van der Waals surface area (Å²) < 4.78 is 36.1. The van der Waals surface area contributed by atoms with Crippen LogP contribution < -0.4 is 15.4 Å². The second-order valence-electron chi connectivity index (χ2n) is 5.51. The molecule has 2 rings (SSSR count). The Labute approximate surface area is 159 Å². The van der Waals surface area contributed by atoms with Crippen molar-refractivity contribution in [2.45, 2.75) is 6.92 Å². The van der Waals surface area contributed by atoms with Gasteiger partial charge in [-0.1, -0.05) is 0 Å². The van der Waals surface area contributed by atoms with E-state index in [9.17, 15) is 23.2 Å². The number of hydrogen-bond donors (Lipinski definition) is 2. The Morgan fingerprint density at radius 2 is 1.64 bits per heavy atom. The zero-order valence-electron chi connectivity index (χ0n) is 15.0. The molecule has 148 valence electrons. The van der Waals surface area contributed by atoms with Crippen molar-refractivity contribution in [3.63, 3.8) is 0 Å². The van der Waals surface area contributed by atoms with Crippen LogP contribution in [0.25, 0.3) is 0 Å². The molecule has 0 saturated heterocycles. The van der Waals surface area contributed by atoms with Crippen LogP contribution in [0.15, 0.2) is 42.5 Å². The van der Waals surface area contributed by atoms with E-state index in [1.54, 1.807) is 12.1 Å². The lowest BCUT2D eigenvalue weighted by Crippen LogP contribution is -2.32. The molecular formula is C19H18F2N2O5. The van der Waals surface area contributed by atoms with Gasteiger partial charge < -0.3 is 20.1 Å². The number of anilines is 1. The molecule has 0 saturated carbocycles. The van der Waals surface area contributed by atoms with Crippen molar-refractivity contribution in [1.82, 2.24) is 5.32 Å². The van der Waals surface area contributed by atoms with E-state index in [1.807, 2.05) is 6.92 Å². The third-order valence-corrected chi connectivity index (χ3v) is 3.33. The molecule has 0 unspecified atom stereocenters. The number of ether oxygens (including phenoxy) is 2. The fourth-order valence-corrected chi connectivity index (χ4v) is 2.14. The fourth-order valence-electron chi connectivity index (χ4n) is 2.14. The number of nitrogens with one attached hydrogen (secondary N) is 2. The van der Waals surface area contributed by atoms with Crippen LogP contribution in [-0.4, -0.2) is 37.5 Å². The maximum atomic E-state index is 13.0. The summed E-state index contributed by atoms with van der Waals surface area (Å²) in [7, 11) is 0. The Balaban J connectivity index is 1.74. The van der Waals surface area contributed by atoms with Crippen LogP contribution in [0.3, 0.4) is 0 Å². The quantitative estimate of drug-likeness (QED) is 0.673. The molecule has 0 atom stereocenters. The predicted octanol–water partition coefficient (Wildman–Crippen LogP) is 2.28. The summed E-state index contributed by atoms with van der Waals surface area (Å²) >= 11 is 0. The molecular weight excluding hydrogens is 374 g/mol. The van der Waals surface area contributed by atoms with Crippen LogP contribution in [0.5, 0.6) is 5.75 Å². The standard InChI is InChI=1S/C19H18F2N2O5/c1-2-27-16-5-3-12(4-6-16)19(26)22-10-18(25)28-11-17(24)23-15-8-13(20)7-14(21)9-15/h3-9H,2,10-11H2,1H3,(H,22,26)(H,23,24). The highest BCUT2D eigenvalue weighted by molar-refractivity contribution is 5.96. The van der Waals surface area contributed by atoms with Crippen molar-refractivity contribution in [2.24, 2.45) is 0 Å². The van der Waals surface area contributed by atoms with Crippen molar-refractivity contribution < 1.29 is 32.6 Å². The molecule has 0 aliphatic rings. The monoisotopic (exact) mass is 392 g/mol. The van der Waals surface area contributed by atoms with Gasteiger partial charge in [0.2, 0.25) is 0 Å². The molecule has 0 heterocycles. The lowest BCUT2D eigenvalue weighted by atomic mass is 10.2. The van der Waals surface area contributed by atoms with Gasteiger partial charge in [0.1, 0.15) is 23.9 Å². The number of esters is 1. The minimum atomic E-state index is -0.857. The number of hydrogen-bond acceptors (Lipinski definition) is 5. The summed E-state index contributed by atoms with van der Waals surface area (Å²) in [6.45, 7) is 1.21. The smallest absolute Gasteiger partial charge is 0.325 e. The average Bonchev–Trinajstić information content (AvgIpc) is 2.64. The van der Waals surface area contributed by atoms with E-state index in [1.165, 1.54) is 12.1 Å². The Bertz CT molecular complexity index is 836. The Morgan fingerprint density at radius 1 is 1.00 bits per heavy atom. The van der Waals surface area contributed by atoms with Gasteiger partial charge in [0.25, 0.3) is 11.8 Å². The largest absolute Gasteiger partial charge is 0.494 e. The van der Waals surface area contributed by atoms with Gasteiger partial charge in [0.15, 0.2) is 6.61 Å². The molecule has 2 aromatic rings. The van der Waals surface area contributed by atoms with Gasteiger partial charge in [-0.05, 0) is 43.3 Å². The van der Waals surface area contributed by atoms with Gasteiger partial charge in [-0.3, -0.25) is 14.4 Å². The lowest BCUT2D eigenvalue weighted by molar-refractivity contribution is -0.146. The summed E-state index contributed by atoms with van der Waals surface area (Å²) in [5.74, 6) is -3.23. The van der Waals surface area contributed by atoms with Gasteiger partial charge in [-0.25, -0.2) is 8.78 Å². The number of carbonyl (C=O) groups excluding carboxylic acids is 3. The van der Waals surface area contributed by atoms with Gasteiger partial charge >= 0.3 is 5.97 Å². The summed E-state index contributed by atoms with van der Waals surface area (Å²) in [5, 5.41) is 4.54. The van der Waals surface area contributed by atoms with Gasteiger partial charge in [-0.2, -0.15) is 0 Å². The number of benzene rings is 2. The van der Waals surface area contributed by atoms with Gasteiger partial charge in [0, 0.05) is 17.3 Å². The molecule has 0 aliphatic heterocycles. The molecule has 0 aromatic heterocycles. The minimum absolute atomic E-state index is 0.109. The van der Waals surface area contributed by atoms with Crippen LogP contribution >= 0.6 is 0 Å². The van der Waals surface area contributed by atoms with E-state index >= 15 is 0 Å². The van der Waals surface area contributed by atoms with Gasteiger partial charge in [0.05, 0.1) is 6.61 Å². The molecule has 2 amide bonds. The fraction of sp³-hybridized carbons (Fsp3) is 0.211. The summed E-state index contributed by atoms with van der Waals surface area (Å²) in [4.78, 5) is 35.2. The molecule has 7 nitrogen and oxygen atoms in total. The van der Waals surface area contributed by atoms with Crippen LogP contribution in [0.2, 0.25) is 0 Å². The van der Waals surface area contributed by atoms with Crippen LogP contribution in [0.1, 0.15) is 17.3 Å². The normalized spacial score (nSPS) is 10.1. The Kier molecular flexibility index (Phi) is 7.44. The second-order valence-corrected chi connectivity index (χ2v) is 5.51. The van der Waals surface area contributed by atoms with Crippen molar-refractivity contribution >= 4 is 23.5 Å². The zero-order valence-corrected chi connectivity index (χ0v) is 15.0. The molecule has 9 heteroatoms. The number of amides is 2. The number of rotatable bonds is 8. The van der Waals surface area contributed by atoms with Gasteiger partial charge in [-0.15, -0.1) is 0 Å². The first-order valence-corrected chi connectivity index (χ1v) is 8.30. The highest BCUT2D eigenvalue weighted by atomic mass is 19.1. The van der Waals surface area contributed by atoms with Crippen molar-refractivity contribution in [2.75, 3.05) is 25.1 Å². The van der Waals surface area contributed by atoms with E-state index in [0.717, 1.165) is 12.1 Å². The van der Waals surface area contributed by atoms with Crippen molar-refractivity contribution in [3.05, 3.63) is 59.7 Å². The first kappa shape index (κ1) is 20.8. The molecule has 0 fully saturated rings. The third-order valence-electron chi connectivity index (χ3n) is 3.33. The van der Waals surface area contributed by atoms with E-state index < -0.39 is 42.6 Å². The third kappa shape index (κ3) is 6.67. The molecule has 0 aliphatic carbocycles. The molecule has 2 N–H and O–H groups in total. The summed E-state index contributed by atoms with van der Waals surface area (Å²) in [6.07, 6.45) is 0. The first-order chi connectivity index (χ1) is 13.4.